The van der Waals surface area contributed by atoms with Crippen molar-refractivity contribution >= 4 is 5.97 Å². The summed E-state index contributed by atoms with van der Waals surface area (Å²) in [5, 5.41) is 13.2. The summed E-state index contributed by atoms with van der Waals surface area (Å²) < 4.78 is 1.49. The minimum absolute atomic E-state index is 0.0311. The number of aliphatic carboxylic acids is 1. The molecule has 5 nitrogen and oxygen atoms in total. The Bertz CT molecular complexity index is 527. The highest BCUT2D eigenvalue weighted by molar-refractivity contribution is 5.67. The maximum atomic E-state index is 12.3. The first-order chi connectivity index (χ1) is 9.25. The fourth-order valence-electron chi connectivity index (χ4n) is 1.84. The lowest BCUT2D eigenvalue weighted by Gasteiger charge is -2.20. The van der Waals surface area contributed by atoms with E-state index in [0.29, 0.717) is 12.1 Å². The van der Waals surface area contributed by atoms with Crippen LogP contribution < -0.4 is 5.56 Å². The number of aryl methyl sites for hydroxylation is 2. The Balaban J connectivity index is 3.20. The van der Waals surface area contributed by atoms with Gasteiger partial charge < -0.3 is 5.11 Å². The number of aromatic nitrogens is 2. The number of unbranched alkanes of at least 4 members (excludes halogenated alkanes) is 1. The largest absolute Gasteiger partial charge is 0.481 e. The van der Waals surface area contributed by atoms with Crippen LogP contribution in [0.3, 0.4) is 0 Å². The molecule has 0 bridgehead atoms. The van der Waals surface area contributed by atoms with Crippen LogP contribution in [0, 0.1) is 0 Å². The van der Waals surface area contributed by atoms with Gasteiger partial charge >= 0.3 is 5.97 Å². The molecular formula is C15H24N2O3. The molecule has 0 spiro atoms. The van der Waals surface area contributed by atoms with Crippen molar-refractivity contribution in [1.82, 2.24) is 9.78 Å². The molecule has 1 aromatic heterocycles. The van der Waals surface area contributed by atoms with Crippen LogP contribution >= 0.6 is 0 Å². The van der Waals surface area contributed by atoms with E-state index in [1.165, 1.54) is 4.68 Å². The maximum absolute atomic E-state index is 12.3. The quantitative estimate of drug-likeness (QED) is 0.868. The van der Waals surface area contributed by atoms with Crippen molar-refractivity contribution in [2.24, 2.45) is 0 Å². The third-order valence-corrected chi connectivity index (χ3v) is 3.15. The van der Waals surface area contributed by atoms with Gasteiger partial charge in [0.1, 0.15) is 0 Å². The molecule has 0 aliphatic carbocycles. The Morgan fingerprint density at radius 1 is 1.40 bits per heavy atom. The van der Waals surface area contributed by atoms with Crippen molar-refractivity contribution in [1.29, 1.82) is 0 Å². The summed E-state index contributed by atoms with van der Waals surface area (Å²) in [6, 6.07) is 1.76. The van der Waals surface area contributed by atoms with Crippen LogP contribution in [0.2, 0.25) is 0 Å². The average Bonchev–Trinajstić information content (AvgIpc) is 2.34. The summed E-state index contributed by atoms with van der Waals surface area (Å²) >= 11 is 0. The zero-order valence-corrected chi connectivity index (χ0v) is 12.8. The third-order valence-electron chi connectivity index (χ3n) is 3.15. The summed E-state index contributed by atoms with van der Waals surface area (Å²) in [4.78, 5) is 23.0. The molecule has 112 valence electrons. The van der Waals surface area contributed by atoms with Crippen molar-refractivity contribution < 1.29 is 9.90 Å². The number of hydrogen-bond donors (Lipinski definition) is 1. The summed E-state index contributed by atoms with van der Waals surface area (Å²) in [6.45, 7) is 8.74. The van der Waals surface area contributed by atoms with Crippen LogP contribution in [-0.4, -0.2) is 20.9 Å². The topological polar surface area (TPSA) is 72.2 Å². The summed E-state index contributed by atoms with van der Waals surface area (Å²) in [6.07, 6.45) is 2.10. The number of hydrogen-bond acceptors (Lipinski definition) is 3. The fourth-order valence-corrected chi connectivity index (χ4v) is 1.84. The first-order valence-electron chi connectivity index (χ1n) is 7.09. The molecule has 0 saturated carbocycles. The van der Waals surface area contributed by atoms with Gasteiger partial charge in [-0.05, 0) is 18.9 Å². The molecule has 0 fully saturated rings. The minimum atomic E-state index is -0.890. The zero-order chi connectivity index (χ0) is 15.3. The molecule has 1 aromatic rings. The van der Waals surface area contributed by atoms with Crippen LogP contribution in [0.5, 0.6) is 0 Å². The second-order valence-corrected chi connectivity index (χ2v) is 6.08. The van der Waals surface area contributed by atoms with Crippen LogP contribution in [0.4, 0.5) is 0 Å². The van der Waals surface area contributed by atoms with Crippen molar-refractivity contribution in [3.63, 3.8) is 0 Å². The number of carbonyl (C=O) groups is 1. The van der Waals surface area contributed by atoms with E-state index in [9.17, 15) is 9.59 Å². The van der Waals surface area contributed by atoms with E-state index in [4.69, 9.17) is 5.11 Å². The second-order valence-electron chi connectivity index (χ2n) is 6.08. The van der Waals surface area contributed by atoms with Crippen LogP contribution in [0.1, 0.15) is 58.2 Å². The third kappa shape index (κ3) is 4.47. The highest BCUT2D eigenvalue weighted by atomic mass is 16.4. The van der Waals surface area contributed by atoms with Gasteiger partial charge in [0, 0.05) is 23.9 Å². The van der Waals surface area contributed by atoms with E-state index in [1.807, 2.05) is 20.8 Å². The van der Waals surface area contributed by atoms with Gasteiger partial charge in [-0.15, -0.1) is 0 Å². The Kier molecular flexibility index (Phi) is 5.48. The van der Waals surface area contributed by atoms with Gasteiger partial charge in [0.25, 0.3) is 5.56 Å². The number of carboxylic acid groups (broad SMARTS) is 1. The van der Waals surface area contributed by atoms with Gasteiger partial charge in [-0.2, -0.15) is 5.10 Å². The highest BCUT2D eigenvalue weighted by Crippen LogP contribution is 2.19. The molecule has 0 radical (unpaired) electrons. The van der Waals surface area contributed by atoms with Crippen LogP contribution in [0.25, 0.3) is 0 Å². The molecule has 0 aliphatic heterocycles. The first-order valence-corrected chi connectivity index (χ1v) is 7.09. The van der Waals surface area contributed by atoms with Crippen molar-refractivity contribution in [2.75, 3.05) is 0 Å². The van der Waals surface area contributed by atoms with Crippen LogP contribution in [0.15, 0.2) is 10.9 Å². The van der Waals surface area contributed by atoms with E-state index in [0.717, 1.165) is 18.5 Å². The maximum Gasteiger partial charge on any atom is 0.303 e. The Labute approximate surface area is 119 Å². The minimum Gasteiger partial charge on any atom is -0.481 e. The van der Waals surface area contributed by atoms with E-state index >= 15 is 0 Å². The Morgan fingerprint density at radius 2 is 2.05 bits per heavy atom. The van der Waals surface area contributed by atoms with Crippen molar-refractivity contribution in [3.8, 4) is 0 Å². The second kappa shape index (κ2) is 6.68. The lowest BCUT2D eigenvalue weighted by atomic mass is 9.91. The molecule has 0 aromatic carbocycles. The molecular weight excluding hydrogens is 256 g/mol. The van der Waals surface area contributed by atoms with Crippen molar-refractivity contribution in [2.45, 2.75) is 65.3 Å². The molecule has 0 saturated heterocycles. The highest BCUT2D eigenvalue weighted by Gasteiger charge is 2.19. The van der Waals surface area contributed by atoms with Gasteiger partial charge in [0.05, 0.1) is 5.69 Å². The predicted octanol–water partition coefficient (Wildman–Crippen LogP) is 2.36. The summed E-state index contributed by atoms with van der Waals surface area (Å²) in [5.41, 5.74) is 1.05. The molecule has 0 atom stereocenters. The van der Waals surface area contributed by atoms with Gasteiger partial charge in [0.15, 0.2) is 0 Å². The standard InChI is InChI=1S/C15H24N2O3/c1-5-6-9-17-14(20)11(7-8-13(18)19)10-12(16-17)15(2,3)4/h10H,5-9H2,1-4H3,(H,18,19). The number of carboxylic acids is 1. The normalized spacial score (nSPS) is 11.6. The molecule has 20 heavy (non-hydrogen) atoms. The SMILES string of the molecule is CCCCn1nc(C(C)(C)C)cc(CCC(=O)O)c1=O. The van der Waals surface area contributed by atoms with Gasteiger partial charge in [0.2, 0.25) is 0 Å². The number of nitrogens with zero attached hydrogens (tertiary/aromatic N) is 2. The molecule has 0 amide bonds. The lowest BCUT2D eigenvalue weighted by molar-refractivity contribution is -0.136. The smallest absolute Gasteiger partial charge is 0.303 e. The summed E-state index contributed by atoms with van der Waals surface area (Å²) in [5.74, 6) is -0.890. The predicted molar refractivity (Wildman–Crippen MR) is 78.1 cm³/mol. The molecule has 0 unspecified atom stereocenters. The van der Waals surface area contributed by atoms with Gasteiger partial charge in [-0.1, -0.05) is 34.1 Å². The van der Waals surface area contributed by atoms with E-state index in [1.54, 1.807) is 6.07 Å². The lowest BCUT2D eigenvalue weighted by Crippen LogP contribution is -2.30. The van der Waals surface area contributed by atoms with Gasteiger partial charge in [-0.3, -0.25) is 9.59 Å². The molecule has 1 rings (SSSR count). The van der Waals surface area contributed by atoms with Crippen LogP contribution in [-0.2, 0) is 23.2 Å². The monoisotopic (exact) mass is 280 g/mol. The average molecular weight is 280 g/mol. The van der Waals surface area contributed by atoms with E-state index in [2.05, 4.69) is 12.0 Å². The molecule has 0 aliphatic rings. The Hall–Kier alpha value is -1.65. The molecule has 1 heterocycles. The fraction of sp³-hybridized carbons (Fsp3) is 0.667. The Morgan fingerprint density at radius 3 is 2.55 bits per heavy atom. The first kappa shape index (κ1) is 16.4. The van der Waals surface area contributed by atoms with Crippen molar-refractivity contribution in [3.05, 3.63) is 27.7 Å². The van der Waals surface area contributed by atoms with Gasteiger partial charge in [-0.25, -0.2) is 4.68 Å². The van der Waals surface area contributed by atoms with E-state index in [-0.39, 0.29) is 23.8 Å². The van der Waals surface area contributed by atoms with E-state index < -0.39 is 5.97 Å². The molecule has 5 heteroatoms. The summed E-state index contributed by atoms with van der Waals surface area (Å²) in [7, 11) is 0. The zero-order valence-electron chi connectivity index (χ0n) is 12.8. The number of rotatable bonds is 6. The molecule has 1 N–H and O–H groups in total.